The number of ether oxygens (including phenoxy) is 3. The molecule has 0 aliphatic rings. The maximum Gasteiger partial charge on any atom is 0.119 e. The number of hydrogen-bond acceptors (Lipinski definition) is 3. The lowest BCUT2D eigenvalue weighted by Crippen LogP contribution is -2.12. The fraction of sp³-hybridized carbons (Fsp3) is 0.294. The largest absolute Gasteiger partial charge is 0.491 e. The minimum atomic E-state index is 0.550. The summed E-state index contributed by atoms with van der Waals surface area (Å²) in [4.78, 5) is 0. The van der Waals surface area contributed by atoms with Gasteiger partial charge in [-0.1, -0.05) is 30.3 Å². The Morgan fingerprint density at radius 2 is 1.35 bits per heavy atom. The van der Waals surface area contributed by atoms with Crippen molar-refractivity contribution < 1.29 is 14.2 Å². The van der Waals surface area contributed by atoms with Crippen molar-refractivity contribution in [1.29, 1.82) is 0 Å². The van der Waals surface area contributed by atoms with E-state index in [4.69, 9.17) is 14.2 Å². The minimum Gasteiger partial charge on any atom is -0.491 e. The molecular formula is C17H20O3. The SMILES string of the molecule is Cc1cccc(OCCOCCOc2ccccc2)c1. The first-order chi connectivity index (χ1) is 9.84. The molecule has 0 radical (unpaired) electrons. The molecule has 2 rings (SSSR count). The van der Waals surface area contributed by atoms with Crippen LogP contribution in [0.2, 0.25) is 0 Å². The highest BCUT2D eigenvalue weighted by molar-refractivity contribution is 5.27. The molecule has 3 heteroatoms. The lowest BCUT2D eigenvalue weighted by atomic mass is 10.2. The van der Waals surface area contributed by atoms with E-state index in [-0.39, 0.29) is 0 Å². The number of benzene rings is 2. The highest BCUT2D eigenvalue weighted by atomic mass is 16.5. The Hall–Kier alpha value is -2.00. The minimum absolute atomic E-state index is 0.550. The third kappa shape index (κ3) is 5.33. The second kappa shape index (κ2) is 8.23. The van der Waals surface area contributed by atoms with Crippen molar-refractivity contribution in [2.75, 3.05) is 26.4 Å². The van der Waals surface area contributed by atoms with Crippen molar-refractivity contribution in [3.8, 4) is 11.5 Å². The Morgan fingerprint density at radius 1 is 0.700 bits per heavy atom. The molecule has 0 aliphatic heterocycles. The molecule has 0 aromatic heterocycles. The number of aryl methyl sites for hydroxylation is 1. The van der Waals surface area contributed by atoms with Crippen molar-refractivity contribution in [1.82, 2.24) is 0 Å². The topological polar surface area (TPSA) is 27.7 Å². The zero-order valence-corrected chi connectivity index (χ0v) is 11.7. The van der Waals surface area contributed by atoms with Crippen LogP contribution in [0, 0.1) is 6.92 Å². The monoisotopic (exact) mass is 272 g/mol. The quantitative estimate of drug-likeness (QED) is 0.689. The van der Waals surface area contributed by atoms with Crippen molar-refractivity contribution in [2.45, 2.75) is 6.92 Å². The van der Waals surface area contributed by atoms with Crippen LogP contribution >= 0.6 is 0 Å². The first-order valence-corrected chi connectivity index (χ1v) is 6.79. The van der Waals surface area contributed by atoms with E-state index in [1.54, 1.807) is 0 Å². The highest BCUT2D eigenvalue weighted by Gasteiger charge is 1.95. The fourth-order valence-corrected chi connectivity index (χ4v) is 1.76. The lowest BCUT2D eigenvalue weighted by molar-refractivity contribution is 0.0764. The summed E-state index contributed by atoms with van der Waals surface area (Å²) in [7, 11) is 0. The maximum absolute atomic E-state index is 5.59. The normalized spacial score (nSPS) is 10.2. The van der Waals surface area contributed by atoms with Crippen LogP contribution in [-0.4, -0.2) is 26.4 Å². The standard InChI is InChI=1S/C17H20O3/c1-15-6-5-9-17(14-15)20-13-11-18-10-12-19-16-7-3-2-4-8-16/h2-9,14H,10-13H2,1H3. The van der Waals surface area contributed by atoms with E-state index in [0.29, 0.717) is 26.4 Å². The molecule has 0 N–H and O–H groups in total. The fourth-order valence-electron chi connectivity index (χ4n) is 1.76. The van der Waals surface area contributed by atoms with Gasteiger partial charge in [0, 0.05) is 0 Å². The van der Waals surface area contributed by atoms with Gasteiger partial charge in [0.2, 0.25) is 0 Å². The van der Waals surface area contributed by atoms with Gasteiger partial charge in [0.15, 0.2) is 0 Å². The van der Waals surface area contributed by atoms with Crippen molar-refractivity contribution in [2.24, 2.45) is 0 Å². The van der Waals surface area contributed by atoms with Gasteiger partial charge in [0.1, 0.15) is 24.7 Å². The lowest BCUT2D eigenvalue weighted by Gasteiger charge is -2.08. The summed E-state index contributed by atoms with van der Waals surface area (Å²) in [5.41, 5.74) is 1.19. The Balaban J connectivity index is 1.52. The summed E-state index contributed by atoms with van der Waals surface area (Å²) in [5.74, 6) is 1.75. The molecule has 0 fully saturated rings. The molecule has 20 heavy (non-hydrogen) atoms. The van der Waals surface area contributed by atoms with E-state index in [1.807, 2.05) is 61.5 Å². The zero-order valence-electron chi connectivity index (χ0n) is 11.7. The molecule has 0 bridgehead atoms. The molecule has 2 aromatic carbocycles. The summed E-state index contributed by atoms with van der Waals surface area (Å²) < 4.78 is 16.6. The molecule has 0 heterocycles. The second-order valence-corrected chi connectivity index (χ2v) is 4.44. The Labute approximate surface area is 120 Å². The van der Waals surface area contributed by atoms with Gasteiger partial charge >= 0.3 is 0 Å². The zero-order chi connectivity index (χ0) is 14.0. The van der Waals surface area contributed by atoms with Gasteiger partial charge in [-0.05, 0) is 36.8 Å². The molecule has 0 spiro atoms. The third-order valence-corrected chi connectivity index (χ3v) is 2.73. The van der Waals surface area contributed by atoms with E-state index in [2.05, 4.69) is 0 Å². The van der Waals surface area contributed by atoms with Crippen LogP contribution < -0.4 is 9.47 Å². The van der Waals surface area contributed by atoms with Gasteiger partial charge in [0.25, 0.3) is 0 Å². The van der Waals surface area contributed by atoms with E-state index >= 15 is 0 Å². The summed E-state index contributed by atoms with van der Waals surface area (Å²) in [6.07, 6.45) is 0. The molecule has 0 aliphatic carbocycles. The van der Waals surface area contributed by atoms with Gasteiger partial charge < -0.3 is 14.2 Å². The maximum atomic E-state index is 5.59. The summed E-state index contributed by atoms with van der Waals surface area (Å²) in [6, 6.07) is 17.7. The van der Waals surface area contributed by atoms with Crippen LogP contribution in [0.5, 0.6) is 11.5 Å². The highest BCUT2D eigenvalue weighted by Crippen LogP contribution is 2.12. The Bertz CT molecular complexity index is 497. The first kappa shape index (κ1) is 14.4. The van der Waals surface area contributed by atoms with Crippen LogP contribution in [-0.2, 0) is 4.74 Å². The molecule has 0 saturated carbocycles. The average molecular weight is 272 g/mol. The number of hydrogen-bond donors (Lipinski definition) is 0. The van der Waals surface area contributed by atoms with Gasteiger partial charge in [-0.2, -0.15) is 0 Å². The van der Waals surface area contributed by atoms with Crippen LogP contribution in [0.25, 0.3) is 0 Å². The predicted octanol–water partition coefficient (Wildman–Crippen LogP) is 3.47. The van der Waals surface area contributed by atoms with Gasteiger partial charge in [-0.3, -0.25) is 0 Å². The number of para-hydroxylation sites is 1. The Morgan fingerprint density at radius 3 is 2.05 bits per heavy atom. The van der Waals surface area contributed by atoms with Crippen LogP contribution in [0.15, 0.2) is 54.6 Å². The molecule has 106 valence electrons. The molecular weight excluding hydrogens is 252 g/mol. The summed E-state index contributed by atoms with van der Waals surface area (Å²) in [6.45, 7) is 4.27. The van der Waals surface area contributed by atoms with Crippen molar-refractivity contribution >= 4 is 0 Å². The van der Waals surface area contributed by atoms with Gasteiger partial charge in [0.05, 0.1) is 13.2 Å². The van der Waals surface area contributed by atoms with E-state index in [0.717, 1.165) is 11.5 Å². The van der Waals surface area contributed by atoms with Gasteiger partial charge in [-0.15, -0.1) is 0 Å². The van der Waals surface area contributed by atoms with Crippen molar-refractivity contribution in [3.63, 3.8) is 0 Å². The van der Waals surface area contributed by atoms with Crippen LogP contribution in [0.1, 0.15) is 5.56 Å². The molecule has 2 aromatic rings. The molecule has 0 atom stereocenters. The van der Waals surface area contributed by atoms with E-state index < -0.39 is 0 Å². The van der Waals surface area contributed by atoms with Crippen LogP contribution in [0.3, 0.4) is 0 Å². The molecule has 0 amide bonds. The van der Waals surface area contributed by atoms with Gasteiger partial charge in [-0.25, -0.2) is 0 Å². The van der Waals surface area contributed by atoms with Crippen molar-refractivity contribution in [3.05, 3.63) is 60.2 Å². The summed E-state index contributed by atoms with van der Waals surface area (Å²) >= 11 is 0. The summed E-state index contributed by atoms with van der Waals surface area (Å²) in [5, 5.41) is 0. The third-order valence-electron chi connectivity index (χ3n) is 2.73. The second-order valence-electron chi connectivity index (χ2n) is 4.44. The first-order valence-electron chi connectivity index (χ1n) is 6.79. The molecule has 0 unspecified atom stereocenters. The van der Waals surface area contributed by atoms with E-state index in [1.165, 1.54) is 5.56 Å². The van der Waals surface area contributed by atoms with Crippen LogP contribution in [0.4, 0.5) is 0 Å². The van der Waals surface area contributed by atoms with E-state index in [9.17, 15) is 0 Å². The molecule has 0 saturated heterocycles. The predicted molar refractivity (Wildman–Crippen MR) is 79.4 cm³/mol. The Kier molecular flexibility index (Phi) is 5.93. The number of rotatable bonds is 8. The smallest absolute Gasteiger partial charge is 0.119 e. The average Bonchev–Trinajstić information content (AvgIpc) is 2.47. The molecule has 3 nitrogen and oxygen atoms in total.